The average molecular weight is 454 g/mol. The van der Waals surface area contributed by atoms with E-state index in [1.54, 1.807) is 0 Å². The number of carbonyl (C=O) groups excluding carboxylic acids is 1. The van der Waals surface area contributed by atoms with E-state index in [9.17, 15) is 9.59 Å². The molecular weight excluding hydrogens is 414 g/mol. The van der Waals surface area contributed by atoms with Crippen LogP contribution < -0.4 is 5.32 Å². The third-order valence-corrected chi connectivity index (χ3v) is 3.53. The van der Waals surface area contributed by atoms with Gasteiger partial charge in [0.25, 0.3) is 0 Å². The molecule has 11 heteroatoms. The molecule has 0 fully saturated rings. The summed E-state index contributed by atoms with van der Waals surface area (Å²) < 4.78 is 36.9. The predicted molar refractivity (Wildman–Crippen MR) is 111 cm³/mol. The number of amides is 1. The molecule has 0 unspecified atom stereocenters. The molecular formula is C20H39NO10. The van der Waals surface area contributed by atoms with Crippen molar-refractivity contribution in [1.82, 2.24) is 5.32 Å². The van der Waals surface area contributed by atoms with Crippen molar-refractivity contribution in [3.8, 4) is 0 Å². The van der Waals surface area contributed by atoms with E-state index in [1.165, 1.54) is 0 Å². The van der Waals surface area contributed by atoms with Crippen LogP contribution in [-0.4, -0.2) is 116 Å². The Labute approximate surface area is 184 Å². The monoisotopic (exact) mass is 453 g/mol. The Kier molecular flexibility index (Phi) is 23.8. The fourth-order valence-corrected chi connectivity index (χ4v) is 1.99. The molecule has 0 aliphatic carbocycles. The summed E-state index contributed by atoms with van der Waals surface area (Å²) in [5.41, 5.74) is 0. The molecule has 31 heavy (non-hydrogen) atoms. The highest BCUT2D eigenvalue weighted by Crippen LogP contribution is 1.88. The summed E-state index contributed by atoms with van der Waals surface area (Å²) in [6, 6.07) is 0. The molecule has 0 aromatic carbocycles. The molecule has 0 aromatic rings. The first-order valence-corrected chi connectivity index (χ1v) is 10.7. The Morgan fingerprint density at radius 3 is 1.45 bits per heavy atom. The van der Waals surface area contributed by atoms with Crippen molar-refractivity contribution >= 4 is 11.9 Å². The number of carboxylic acid groups (broad SMARTS) is 1. The minimum absolute atomic E-state index is 0.289. The zero-order chi connectivity index (χ0) is 22.8. The summed E-state index contributed by atoms with van der Waals surface area (Å²) in [4.78, 5) is 21.5. The average Bonchev–Trinajstić information content (AvgIpc) is 2.74. The second-order valence-electron chi connectivity index (χ2n) is 6.26. The van der Waals surface area contributed by atoms with Crippen LogP contribution in [0.4, 0.5) is 0 Å². The number of aliphatic carboxylic acids is 1. The van der Waals surface area contributed by atoms with E-state index in [1.807, 2.05) is 0 Å². The smallest absolute Gasteiger partial charge is 0.329 e. The van der Waals surface area contributed by atoms with Crippen LogP contribution in [0.2, 0.25) is 0 Å². The first-order valence-electron chi connectivity index (χ1n) is 10.7. The number of hydrogen-bond acceptors (Lipinski definition) is 9. The Bertz CT molecular complexity index is 411. The lowest BCUT2D eigenvalue weighted by atomic mass is 10.4. The zero-order valence-electron chi connectivity index (χ0n) is 18.6. The standard InChI is InChI=1S/C20H39NO10/c1-2-3-5-25-7-9-27-11-13-29-15-16-30-14-12-28-10-8-26-6-4-21-19(22)17-31-18-20(23)24/h2-18H2,1H3,(H,21,22)(H,23,24). The second kappa shape index (κ2) is 24.9. The van der Waals surface area contributed by atoms with Gasteiger partial charge in [-0.3, -0.25) is 4.79 Å². The molecule has 0 aliphatic heterocycles. The number of rotatable bonds is 25. The first-order chi connectivity index (χ1) is 15.2. The van der Waals surface area contributed by atoms with Crippen molar-refractivity contribution in [2.75, 3.05) is 99.0 Å². The third kappa shape index (κ3) is 26.6. The number of carbonyl (C=O) groups is 2. The van der Waals surface area contributed by atoms with Crippen LogP contribution in [0, 0.1) is 0 Å². The van der Waals surface area contributed by atoms with Gasteiger partial charge in [0.15, 0.2) is 0 Å². The summed E-state index contributed by atoms with van der Waals surface area (Å²) >= 11 is 0. The topological polar surface area (TPSA) is 131 Å². The van der Waals surface area contributed by atoms with Gasteiger partial charge in [0.05, 0.1) is 72.7 Å². The van der Waals surface area contributed by atoms with Gasteiger partial charge in [-0.05, 0) is 6.42 Å². The summed E-state index contributed by atoms with van der Waals surface area (Å²) in [6.07, 6.45) is 2.22. The fourth-order valence-electron chi connectivity index (χ4n) is 1.99. The van der Waals surface area contributed by atoms with E-state index < -0.39 is 12.6 Å². The van der Waals surface area contributed by atoms with Crippen LogP contribution in [0.1, 0.15) is 19.8 Å². The predicted octanol–water partition coefficient (Wildman–Crippen LogP) is 0.104. The minimum atomic E-state index is -1.12. The molecule has 1 amide bonds. The maximum Gasteiger partial charge on any atom is 0.329 e. The molecule has 0 rings (SSSR count). The molecule has 0 aromatic heterocycles. The summed E-state index contributed by atoms with van der Waals surface area (Å²) in [5.74, 6) is -1.50. The van der Waals surface area contributed by atoms with E-state index >= 15 is 0 Å². The van der Waals surface area contributed by atoms with E-state index in [0.717, 1.165) is 19.4 Å². The molecule has 11 nitrogen and oxygen atoms in total. The van der Waals surface area contributed by atoms with Gasteiger partial charge in [-0.2, -0.15) is 0 Å². The normalized spacial score (nSPS) is 11.0. The summed E-state index contributed by atoms with van der Waals surface area (Å²) in [7, 11) is 0. The number of unbranched alkanes of at least 4 members (excludes halogenated alkanes) is 1. The van der Waals surface area contributed by atoms with Crippen LogP contribution in [0.25, 0.3) is 0 Å². The van der Waals surface area contributed by atoms with E-state index in [2.05, 4.69) is 17.0 Å². The third-order valence-electron chi connectivity index (χ3n) is 3.53. The lowest BCUT2D eigenvalue weighted by Crippen LogP contribution is -2.31. The van der Waals surface area contributed by atoms with Crippen LogP contribution in [0.5, 0.6) is 0 Å². The van der Waals surface area contributed by atoms with Crippen molar-refractivity contribution in [1.29, 1.82) is 0 Å². The number of carboxylic acids is 1. The first kappa shape index (κ1) is 29.7. The van der Waals surface area contributed by atoms with Crippen molar-refractivity contribution in [2.45, 2.75) is 19.8 Å². The number of nitrogens with one attached hydrogen (secondary N) is 1. The largest absolute Gasteiger partial charge is 0.480 e. The molecule has 2 N–H and O–H groups in total. The molecule has 0 radical (unpaired) electrons. The Hall–Kier alpha value is -1.34. The summed E-state index contributed by atoms with van der Waals surface area (Å²) in [5, 5.41) is 10.9. The molecule has 184 valence electrons. The second-order valence-corrected chi connectivity index (χ2v) is 6.26. The van der Waals surface area contributed by atoms with Crippen molar-refractivity contribution in [3.63, 3.8) is 0 Å². The zero-order valence-corrected chi connectivity index (χ0v) is 18.6. The van der Waals surface area contributed by atoms with Crippen LogP contribution in [0.3, 0.4) is 0 Å². The van der Waals surface area contributed by atoms with Gasteiger partial charge in [0.1, 0.15) is 13.2 Å². The lowest BCUT2D eigenvalue weighted by molar-refractivity contribution is -0.143. The molecule has 0 aliphatic rings. The van der Waals surface area contributed by atoms with Crippen LogP contribution in [0.15, 0.2) is 0 Å². The highest BCUT2D eigenvalue weighted by atomic mass is 16.6. The Balaban J connectivity index is 3.09. The van der Waals surface area contributed by atoms with Crippen LogP contribution >= 0.6 is 0 Å². The SMILES string of the molecule is CCCCOCCOCCOCCOCCOCCOCCNC(=O)COCC(=O)O. The number of hydrogen-bond donors (Lipinski definition) is 2. The minimum Gasteiger partial charge on any atom is -0.480 e. The van der Waals surface area contributed by atoms with Crippen molar-refractivity contribution in [2.24, 2.45) is 0 Å². The van der Waals surface area contributed by atoms with E-state index in [-0.39, 0.29) is 12.5 Å². The highest BCUT2D eigenvalue weighted by molar-refractivity contribution is 5.77. The van der Waals surface area contributed by atoms with Crippen LogP contribution in [-0.2, 0) is 42.7 Å². The van der Waals surface area contributed by atoms with Gasteiger partial charge in [0, 0.05) is 13.2 Å². The van der Waals surface area contributed by atoms with Gasteiger partial charge in [-0.15, -0.1) is 0 Å². The maximum absolute atomic E-state index is 11.3. The quantitative estimate of drug-likeness (QED) is 0.184. The molecule has 0 atom stereocenters. The molecule has 0 saturated heterocycles. The van der Waals surface area contributed by atoms with Gasteiger partial charge in [-0.1, -0.05) is 13.3 Å². The Morgan fingerprint density at radius 1 is 0.613 bits per heavy atom. The number of ether oxygens (including phenoxy) is 7. The molecule has 0 heterocycles. The molecule has 0 spiro atoms. The van der Waals surface area contributed by atoms with Crippen molar-refractivity contribution < 1.29 is 47.9 Å². The van der Waals surface area contributed by atoms with E-state index in [4.69, 9.17) is 33.5 Å². The van der Waals surface area contributed by atoms with Gasteiger partial charge >= 0.3 is 5.97 Å². The van der Waals surface area contributed by atoms with Crippen molar-refractivity contribution in [3.05, 3.63) is 0 Å². The fraction of sp³-hybridized carbons (Fsp3) is 0.900. The highest BCUT2D eigenvalue weighted by Gasteiger charge is 2.03. The van der Waals surface area contributed by atoms with Gasteiger partial charge < -0.3 is 43.6 Å². The lowest BCUT2D eigenvalue weighted by Gasteiger charge is -2.08. The van der Waals surface area contributed by atoms with Gasteiger partial charge in [-0.25, -0.2) is 4.79 Å². The van der Waals surface area contributed by atoms with Gasteiger partial charge in [0.2, 0.25) is 5.91 Å². The molecule has 0 bridgehead atoms. The Morgan fingerprint density at radius 2 is 1.03 bits per heavy atom. The molecule has 0 saturated carbocycles. The summed E-state index contributed by atoms with van der Waals surface area (Å²) in [6.45, 7) is 7.83. The maximum atomic E-state index is 11.3. The van der Waals surface area contributed by atoms with E-state index in [0.29, 0.717) is 79.2 Å².